The van der Waals surface area contributed by atoms with Crippen molar-refractivity contribution < 1.29 is 5.11 Å². The summed E-state index contributed by atoms with van der Waals surface area (Å²) in [5, 5.41) is 15.9. The molecule has 78 valence electrons. The molecule has 0 amide bonds. The molecular formula is C8H7BrN4OS. The highest BCUT2D eigenvalue weighted by Crippen LogP contribution is 2.28. The van der Waals surface area contributed by atoms with Gasteiger partial charge < -0.3 is 10.9 Å². The minimum Gasteiger partial charge on any atom is -0.507 e. The molecule has 15 heavy (non-hydrogen) atoms. The Bertz CT molecular complexity index is 562. The van der Waals surface area contributed by atoms with Crippen molar-refractivity contribution in [1.82, 2.24) is 14.9 Å². The van der Waals surface area contributed by atoms with Gasteiger partial charge in [-0.05, 0) is 46.3 Å². The topological polar surface area (TPSA) is 79.9 Å². The van der Waals surface area contributed by atoms with Crippen molar-refractivity contribution >= 4 is 28.1 Å². The maximum absolute atomic E-state index is 9.33. The molecule has 0 aliphatic heterocycles. The number of hydrogen-bond acceptors (Lipinski definition) is 4. The molecule has 1 heterocycles. The van der Waals surface area contributed by atoms with Gasteiger partial charge in [-0.1, -0.05) is 0 Å². The second-order valence-electron chi connectivity index (χ2n) is 2.89. The third-order valence-corrected chi connectivity index (χ3v) is 2.83. The highest BCUT2D eigenvalue weighted by atomic mass is 79.9. The van der Waals surface area contributed by atoms with E-state index in [-0.39, 0.29) is 5.75 Å². The fraction of sp³-hybridized carbons (Fsp3) is 0. The van der Waals surface area contributed by atoms with Crippen molar-refractivity contribution in [1.29, 1.82) is 0 Å². The third kappa shape index (κ3) is 1.75. The number of aromatic nitrogens is 3. The van der Waals surface area contributed by atoms with Gasteiger partial charge in [-0.3, -0.25) is 0 Å². The van der Waals surface area contributed by atoms with E-state index >= 15 is 0 Å². The molecular weight excluding hydrogens is 280 g/mol. The maximum Gasteiger partial charge on any atom is 0.214 e. The number of rotatable bonds is 1. The van der Waals surface area contributed by atoms with Crippen LogP contribution < -0.4 is 5.84 Å². The lowest BCUT2D eigenvalue weighted by atomic mass is 10.2. The van der Waals surface area contributed by atoms with Crippen LogP contribution in [0.4, 0.5) is 0 Å². The molecule has 0 saturated carbocycles. The summed E-state index contributed by atoms with van der Waals surface area (Å²) < 4.78 is 2.19. The van der Waals surface area contributed by atoms with E-state index in [9.17, 15) is 5.11 Å². The highest BCUT2D eigenvalue weighted by Gasteiger charge is 2.08. The average Bonchev–Trinajstić information content (AvgIpc) is 2.53. The minimum absolute atomic E-state index is 0.163. The van der Waals surface area contributed by atoms with Gasteiger partial charge in [0.05, 0.1) is 4.47 Å². The summed E-state index contributed by atoms with van der Waals surface area (Å²) in [5.74, 6) is 6.34. The lowest BCUT2D eigenvalue weighted by Gasteiger charge is -2.02. The van der Waals surface area contributed by atoms with Gasteiger partial charge in [-0.15, -0.1) is 0 Å². The summed E-state index contributed by atoms with van der Waals surface area (Å²) in [4.78, 5) is 0. The molecule has 0 aliphatic rings. The molecule has 0 radical (unpaired) electrons. The molecule has 0 saturated heterocycles. The molecule has 0 spiro atoms. The van der Waals surface area contributed by atoms with Crippen molar-refractivity contribution in [3.05, 3.63) is 27.4 Å². The van der Waals surface area contributed by atoms with Crippen LogP contribution in [0.3, 0.4) is 0 Å². The number of nitrogen functional groups attached to an aromatic ring is 1. The Morgan fingerprint density at radius 2 is 2.27 bits per heavy atom. The quantitative estimate of drug-likeness (QED) is 0.552. The van der Waals surface area contributed by atoms with Gasteiger partial charge in [-0.25, -0.2) is 9.77 Å². The average molecular weight is 287 g/mol. The largest absolute Gasteiger partial charge is 0.507 e. The van der Waals surface area contributed by atoms with Gasteiger partial charge in [0.2, 0.25) is 4.77 Å². The molecule has 0 aliphatic carbocycles. The summed E-state index contributed by atoms with van der Waals surface area (Å²) in [5.41, 5.74) is 0.759. The summed E-state index contributed by atoms with van der Waals surface area (Å²) in [6.45, 7) is 0. The second kappa shape index (κ2) is 3.67. The minimum atomic E-state index is 0.163. The monoisotopic (exact) mass is 286 g/mol. The molecule has 0 fully saturated rings. The van der Waals surface area contributed by atoms with E-state index in [0.29, 0.717) is 15.1 Å². The van der Waals surface area contributed by atoms with Crippen LogP contribution in [0.2, 0.25) is 0 Å². The molecule has 0 unspecified atom stereocenters. The Labute approximate surface area is 98.6 Å². The first-order valence-electron chi connectivity index (χ1n) is 4.01. The van der Waals surface area contributed by atoms with E-state index in [4.69, 9.17) is 18.1 Å². The van der Waals surface area contributed by atoms with Crippen molar-refractivity contribution in [2.45, 2.75) is 0 Å². The summed E-state index contributed by atoms with van der Waals surface area (Å²) in [7, 11) is 0. The molecule has 1 aromatic carbocycles. The fourth-order valence-electron chi connectivity index (χ4n) is 1.15. The van der Waals surface area contributed by atoms with Crippen molar-refractivity contribution in [3.8, 4) is 17.1 Å². The number of aromatic hydroxyl groups is 1. The van der Waals surface area contributed by atoms with Crippen LogP contribution in [-0.2, 0) is 0 Å². The van der Waals surface area contributed by atoms with Crippen molar-refractivity contribution in [2.24, 2.45) is 0 Å². The first-order chi connectivity index (χ1) is 7.09. The Morgan fingerprint density at radius 1 is 1.53 bits per heavy atom. The van der Waals surface area contributed by atoms with Gasteiger partial charge in [0, 0.05) is 5.56 Å². The van der Waals surface area contributed by atoms with Crippen LogP contribution in [-0.4, -0.2) is 20.0 Å². The van der Waals surface area contributed by atoms with E-state index in [2.05, 4.69) is 26.1 Å². The number of phenols is 1. The molecule has 0 bridgehead atoms. The summed E-state index contributed by atoms with van der Waals surface area (Å²) >= 11 is 8.10. The third-order valence-electron chi connectivity index (χ3n) is 1.91. The van der Waals surface area contributed by atoms with Crippen LogP contribution in [0.15, 0.2) is 22.7 Å². The van der Waals surface area contributed by atoms with E-state index < -0.39 is 0 Å². The smallest absolute Gasteiger partial charge is 0.214 e. The SMILES string of the molecule is Nn1c(-c2ccc(O)c(Br)c2)n[nH]c1=S. The van der Waals surface area contributed by atoms with Crippen molar-refractivity contribution in [3.63, 3.8) is 0 Å². The first kappa shape index (κ1) is 10.2. The van der Waals surface area contributed by atoms with Gasteiger partial charge in [0.25, 0.3) is 0 Å². The molecule has 4 N–H and O–H groups in total. The van der Waals surface area contributed by atoms with Crippen LogP contribution in [0.5, 0.6) is 5.75 Å². The molecule has 1 aromatic heterocycles. The van der Waals surface area contributed by atoms with E-state index in [1.807, 2.05) is 0 Å². The number of nitrogens with zero attached hydrogens (tertiary/aromatic N) is 2. The molecule has 0 atom stereocenters. The fourth-order valence-corrected chi connectivity index (χ4v) is 1.67. The number of nitrogens with one attached hydrogen (secondary N) is 1. The Kier molecular flexibility index (Phi) is 2.49. The van der Waals surface area contributed by atoms with E-state index in [1.54, 1.807) is 18.2 Å². The van der Waals surface area contributed by atoms with Crippen LogP contribution >= 0.6 is 28.1 Å². The van der Waals surface area contributed by atoms with E-state index in [1.165, 1.54) is 4.68 Å². The standard InChI is InChI=1S/C8H7BrN4OS/c9-5-3-4(1-2-6(5)14)7-11-12-8(15)13(7)10/h1-3,14H,10H2,(H,12,15). The zero-order valence-electron chi connectivity index (χ0n) is 7.44. The number of aromatic amines is 1. The molecule has 2 aromatic rings. The zero-order valence-corrected chi connectivity index (χ0v) is 9.84. The van der Waals surface area contributed by atoms with Crippen LogP contribution in [0, 0.1) is 4.77 Å². The molecule has 2 rings (SSSR count). The first-order valence-corrected chi connectivity index (χ1v) is 5.21. The lowest BCUT2D eigenvalue weighted by molar-refractivity contribution is 0.472. The Hall–Kier alpha value is -1.34. The summed E-state index contributed by atoms with van der Waals surface area (Å²) in [6, 6.07) is 4.97. The van der Waals surface area contributed by atoms with Gasteiger partial charge in [0.1, 0.15) is 5.75 Å². The normalized spacial score (nSPS) is 10.5. The van der Waals surface area contributed by atoms with Crippen molar-refractivity contribution in [2.75, 3.05) is 5.84 Å². The highest BCUT2D eigenvalue weighted by molar-refractivity contribution is 9.10. The lowest BCUT2D eigenvalue weighted by Crippen LogP contribution is -2.09. The van der Waals surface area contributed by atoms with Gasteiger partial charge in [0.15, 0.2) is 5.82 Å². The predicted molar refractivity (Wildman–Crippen MR) is 62.4 cm³/mol. The Balaban J connectivity index is 2.59. The molecule has 7 heteroatoms. The number of halogens is 1. The Morgan fingerprint density at radius 3 is 2.80 bits per heavy atom. The number of phenolic OH excluding ortho intramolecular Hbond substituents is 1. The number of nitrogens with two attached hydrogens (primary N) is 1. The predicted octanol–water partition coefficient (Wildman–Crippen LogP) is 1.79. The second-order valence-corrected chi connectivity index (χ2v) is 4.13. The van der Waals surface area contributed by atoms with Gasteiger partial charge in [-0.2, -0.15) is 5.10 Å². The molecule has 5 nitrogen and oxygen atoms in total. The number of H-pyrrole nitrogens is 1. The summed E-state index contributed by atoms with van der Waals surface area (Å²) in [6.07, 6.45) is 0. The van der Waals surface area contributed by atoms with Crippen LogP contribution in [0.25, 0.3) is 11.4 Å². The van der Waals surface area contributed by atoms with Gasteiger partial charge >= 0.3 is 0 Å². The van der Waals surface area contributed by atoms with E-state index in [0.717, 1.165) is 5.56 Å². The zero-order chi connectivity index (χ0) is 11.0. The maximum atomic E-state index is 9.33. The number of benzene rings is 1. The van der Waals surface area contributed by atoms with Crippen LogP contribution in [0.1, 0.15) is 0 Å². The number of hydrogen-bond donors (Lipinski definition) is 3.